The van der Waals surface area contributed by atoms with Crippen molar-refractivity contribution < 1.29 is 29.9 Å². The average molecular weight is 399 g/mol. The number of rotatable bonds is 18. The third kappa shape index (κ3) is 12.9. The molecule has 0 aliphatic carbocycles. The first kappa shape index (κ1) is 24.7. The van der Waals surface area contributed by atoms with Gasteiger partial charge in [0.1, 0.15) is 11.5 Å². The summed E-state index contributed by atoms with van der Waals surface area (Å²) in [5, 5.41) is 36.0. The second-order valence-corrected chi connectivity index (χ2v) is 7.25. The summed E-state index contributed by atoms with van der Waals surface area (Å²) in [5.41, 5.74) is 0. The van der Waals surface area contributed by atoms with Crippen LogP contribution in [-0.4, -0.2) is 59.1 Å². The molecule has 1 aromatic carbocycles. The molecule has 0 radical (unpaired) electrons. The minimum atomic E-state index is -0.581. The van der Waals surface area contributed by atoms with Crippen molar-refractivity contribution in [2.75, 3.05) is 26.4 Å². The summed E-state index contributed by atoms with van der Waals surface area (Å²) in [4.78, 5) is 0. The van der Waals surface area contributed by atoms with E-state index in [-0.39, 0.29) is 13.2 Å². The van der Waals surface area contributed by atoms with Crippen molar-refractivity contribution in [2.45, 2.75) is 76.4 Å². The number of benzene rings is 1. The van der Waals surface area contributed by atoms with Crippen LogP contribution in [0.4, 0.5) is 0 Å². The second kappa shape index (κ2) is 16.6. The summed E-state index contributed by atoms with van der Waals surface area (Å²) in [6.07, 6.45) is 8.14. The SMILES string of the molecule is OC[C@H](O)CCCCCCOc1ccc(OCCCCCC[C@@H](O)CO)cc1. The van der Waals surface area contributed by atoms with Crippen molar-refractivity contribution in [1.29, 1.82) is 0 Å². The Labute approximate surface area is 169 Å². The number of aliphatic hydroxyl groups is 4. The lowest BCUT2D eigenvalue weighted by molar-refractivity contribution is 0.0859. The van der Waals surface area contributed by atoms with E-state index in [4.69, 9.17) is 19.7 Å². The normalized spacial score (nSPS) is 13.3. The maximum Gasteiger partial charge on any atom is 0.119 e. The highest BCUT2D eigenvalue weighted by atomic mass is 16.5. The highest BCUT2D eigenvalue weighted by Crippen LogP contribution is 2.18. The van der Waals surface area contributed by atoms with Gasteiger partial charge in [-0.2, -0.15) is 0 Å². The molecule has 0 saturated carbocycles. The van der Waals surface area contributed by atoms with E-state index >= 15 is 0 Å². The van der Waals surface area contributed by atoms with Crippen molar-refractivity contribution in [3.05, 3.63) is 24.3 Å². The minimum absolute atomic E-state index is 0.154. The van der Waals surface area contributed by atoms with Crippen LogP contribution in [0.3, 0.4) is 0 Å². The molecule has 2 atom stereocenters. The van der Waals surface area contributed by atoms with Gasteiger partial charge in [0.25, 0.3) is 0 Å². The molecule has 6 nitrogen and oxygen atoms in total. The van der Waals surface area contributed by atoms with Crippen molar-refractivity contribution in [3.8, 4) is 11.5 Å². The van der Waals surface area contributed by atoms with Gasteiger partial charge in [-0.05, 0) is 49.9 Å². The highest BCUT2D eigenvalue weighted by molar-refractivity contribution is 5.31. The molecule has 28 heavy (non-hydrogen) atoms. The molecule has 0 spiro atoms. The zero-order valence-electron chi connectivity index (χ0n) is 17.0. The van der Waals surface area contributed by atoms with Crippen LogP contribution in [0.2, 0.25) is 0 Å². The summed E-state index contributed by atoms with van der Waals surface area (Å²) in [5.74, 6) is 1.68. The lowest BCUT2D eigenvalue weighted by Gasteiger charge is -2.09. The monoisotopic (exact) mass is 398 g/mol. The third-order valence-corrected chi connectivity index (χ3v) is 4.65. The van der Waals surface area contributed by atoms with Gasteiger partial charge < -0.3 is 29.9 Å². The molecule has 0 amide bonds. The van der Waals surface area contributed by atoms with Crippen LogP contribution >= 0.6 is 0 Å². The van der Waals surface area contributed by atoms with E-state index in [2.05, 4.69) is 0 Å². The first-order valence-electron chi connectivity index (χ1n) is 10.6. The van der Waals surface area contributed by atoms with E-state index in [1.165, 1.54) is 0 Å². The van der Waals surface area contributed by atoms with Gasteiger partial charge in [-0.3, -0.25) is 0 Å². The summed E-state index contributed by atoms with van der Waals surface area (Å²) >= 11 is 0. The molecule has 0 saturated heterocycles. The van der Waals surface area contributed by atoms with Gasteiger partial charge in [-0.1, -0.05) is 38.5 Å². The molecule has 0 fully saturated rings. The number of aliphatic hydroxyl groups excluding tert-OH is 4. The minimum Gasteiger partial charge on any atom is -0.494 e. The molecule has 1 aromatic rings. The van der Waals surface area contributed by atoms with Crippen LogP contribution < -0.4 is 9.47 Å². The zero-order valence-corrected chi connectivity index (χ0v) is 17.0. The Morgan fingerprint density at radius 1 is 0.571 bits per heavy atom. The molecule has 4 N–H and O–H groups in total. The average Bonchev–Trinajstić information content (AvgIpc) is 2.72. The smallest absolute Gasteiger partial charge is 0.119 e. The van der Waals surface area contributed by atoms with Crippen molar-refractivity contribution in [2.24, 2.45) is 0 Å². The lowest BCUT2D eigenvalue weighted by Crippen LogP contribution is -2.11. The van der Waals surface area contributed by atoms with E-state index in [9.17, 15) is 10.2 Å². The van der Waals surface area contributed by atoms with Crippen molar-refractivity contribution in [1.82, 2.24) is 0 Å². The lowest BCUT2D eigenvalue weighted by atomic mass is 10.1. The Morgan fingerprint density at radius 2 is 0.929 bits per heavy atom. The molecule has 1 rings (SSSR count). The molecular formula is C22H38O6. The van der Waals surface area contributed by atoms with Crippen LogP contribution in [0, 0.1) is 0 Å². The van der Waals surface area contributed by atoms with Gasteiger partial charge in [-0.15, -0.1) is 0 Å². The topological polar surface area (TPSA) is 99.4 Å². The molecule has 162 valence electrons. The standard InChI is InChI=1S/C22H38O6/c23-17-19(25)9-5-1-3-7-15-27-21-11-13-22(14-12-21)28-16-8-4-2-6-10-20(26)18-24/h11-14,19-20,23-26H,1-10,15-18H2/t19-,20-/m1/s1. The van der Waals surface area contributed by atoms with Crippen LogP contribution in [0.5, 0.6) is 11.5 Å². The molecule has 0 aromatic heterocycles. The quantitative estimate of drug-likeness (QED) is 0.284. The fourth-order valence-corrected chi connectivity index (χ4v) is 2.87. The predicted octanol–water partition coefficient (Wildman–Crippen LogP) is 3.05. The molecule has 0 bridgehead atoms. The second-order valence-electron chi connectivity index (χ2n) is 7.25. The molecule has 0 aliphatic heterocycles. The molecule has 0 unspecified atom stereocenters. The van der Waals surface area contributed by atoms with Gasteiger partial charge in [-0.25, -0.2) is 0 Å². The van der Waals surface area contributed by atoms with E-state index in [1.54, 1.807) is 0 Å². The molecule has 6 heteroatoms. The molecule has 0 aliphatic rings. The van der Waals surface area contributed by atoms with E-state index in [1.807, 2.05) is 24.3 Å². The maximum atomic E-state index is 9.26. The number of hydrogen-bond donors (Lipinski definition) is 4. The Morgan fingerprint density at radius 3 is 1.29 bits per heavy atom. The van der Waals surface area contributed by atoms with Crippen LogP contribution in [0.25, 0.3) is 0 Å². The summed E-state index contributed by atoms with van der Waals surface area (Å²) < 4.78 is 11.5. The molecular weight excluding hydrogens is 360 g/mol. The maximum absolute atomic E-state index is 9.26. The van der Waals surface area contributed by atoms with Gasteiger partial charge in [0, 0.05) is 0 Å². The fourth-order valence-electron chi connectivity index (χ4n) is 2.87. The van der Waals surface area contributed by atoms with Crippen molar-refractivity contribution in [3.63, 3.8) is 0 Å². The Bertz CT molecular complexity index is 422. The number of unbranched alkanes of at least 4 members (excludes halogenated alkanes) is 6. The summed E-state index contributed by atoms with van der Waals surface area (Å²) in [7, 11) is 0. The van der Waals surface area contributed by atoms with Gasteiger partial charge >= 0.3 is 0 Å². The number of hydrogen-bond acceptors (Lipinski definition) is 6. The first-order chi connectivity index (χ1) is 13.7. The first-order valence-corrected chi connectivity index (χ1v) is 10.6. The number of ether oxygens (including phenoxy) is 2. The van der Waals surface area contributed by atoms with Gasteiger partial charge in [0.2, 0.25) is 0 Å². The zero-order chi connectivity index (χ0) is 20.5. The van der Waals surface area contributed by atoms with E-state index in [0.717, 1.165) is 62.9 Å². The van der Waals surface area contributed by atoms with Gasteiger partial charge in [0.15, 0.2) is 0 Å². The largest absolute Gasteiger partial charge is 0.494 e. The highest BCUT2D eigenvalue weighted by Gasteiger charge is 2.02. The summed E-state index contributed by atoms with van der Waals surface area (Å²) in [6.45, 7) is 1.04. The Kier molecular flexibility index (Phi) is 14.6. The van der Waals surface area contributed by atoms with E-state index in [0.29, 0.717) is 26.1 Å². The van der Waals surface area contributed by atoms with Crippen molar-refractivity contribution >= 4 is 0 Å². The van der Waals surface area contributed by atoms with E-state index < -0.39 is 12.2 Å². The molecule has 0 heterocycles. The Hall–Kier alpha value is -1.34. The van der Waals surface area contributed by atoms with Gasteiger partial charge in [0.05, 0.1) is 38.6 Å². The Balaban J connectivity index is 2.00. The van der Waals surface area contributed by atoms with Crippen LogP contribution in [0.15, 0.2) is 24.3 Å². The summed E-state index contributed by atoms with van der Waals surface area (Å²) in [6, 6.07) is 7.68. The third-order valence-electron chi connectivity index (χ3n) is 4.65. The van der Waals surface area contributed by atoms with Crippen LogP contribution in [0.1, 0.15) is 64.2 Å². The fraction of sp³-hybridized carbons (Fsp3) is 0.727. The predicted molar refractivity (Wildman–Crippen MR) is 110 cm³/mol. The van der Waals surface area contributed by atoms with Crippen LogP contribution in [-0.2, 0) is 0 Å².